The summed E-state index contributed by atoms with van der Waals surface area (Å²) in [7, 11) is 0. The van der Waals surface area contributed by atoms with Crippen molar-refractivity contribution < 1.29 is 8.91 Å². The highest BCUT2D eigenvalue weighted by molar-refractivity contribution is 6.30. The molecule has 2 aromatic rings. The standard InChI is InChI=1S/C12H13ClFN3O/c1-7(9-3-4-10(13)11(14)5-9)15-6-12-16-8(2)18-17-12/h3-5,7,15H,6H2,1-2H3. The van der Waals surface area contributed by atoms with Crippen LogP contribution in [0.25, 0.3) is 0 Å². The Hall–Kier alpha value is -1.46. The normalized spacial score (nSPS) is 12.7. The van der Waals surface area contributed by atoms with Gasteiger partial charge in [0.05, 0.1) is 11.6 Å². The Balaban J connectivity index is 1.99. The molecule has 0 fully saturated rings. The first-order valence-electron chi connectivity index (χ1n) is 5.54. The Morgan fingerprint density at radius 1 is 1.50 bits per heavy atom. The molecule has 0 aliphatic carbocycles. The summed E-state index contributed by atoms with van der Waals surface area (Å²) >= 11 is 5.63. The zero-order chi connectivity index (χ0) is 13.1. The SMILES string of the molecule is Cc1nc(CNC(C)c2ccc(Cl)c(F)c2)no1. The zero-order valence-corrected chi connectivity index (χ0v) is 10.8. The van der Waals surface area contributed by atoms with Crippen molar-refractivity contribution in [3.8, 4) is 0 Å². The van der Waals surface area contributed by atoms with Crippen molar-refractivity contribution in [1.82, 2.24) is 15.5 Å². The van der Waals surface area contributed by atoms with E-state index in [0.29, 0.717) is 18.3 Å². The second-order valence-electron chi connectivity index (χ2n) is 4.01. The summed E-state index contributed by atoms with van der Waals surface area (Å²) in [6.07, 6.45) is 0. The minimum Gasteiger partial charge on any atom is -0.340 e. The number of aromatic nitrogens is 2. The number of halogens is 2. The molecule has 0 saturated heterocycles. The fourth-order valence-electron chi connectivity index (χ4n) is 1.56. The summed E-state index contributed by atoms with van der Waals surface area (Å²) in [5.41, 5.74) is 0.817. The molecule has 0 aliphatic heterocycles. The number of aryl methyl sites for hydroxylation is 1. The van der Waals surface area contributed by atoms with E-state index in [1.54, 1.807) is 19.1 Å². The maximum Gasteiger partial charge on any atom is 0.223 e. The highest BCUT2D eigenvalue weighted by atomic mass is 35.5. The van der Waals surface area contributed by atoms with E-state index in [4.69, 9.17) is 16.1 Å². The van der Waals surface area contributed by atoms with Gasteiger partial charge in [0.1, 0.15) is 5.82 Å². The maximum atomic E-state index is 13.3. The van der Waals surface area contributed by atoms with Crippen LogP contribution in [-0.2, 0) is 6.54 Å². The van der Waals surface area contributed by atoms with Gasteiger partial charge in [-0.1, -0.05) is 22.8 Å². The summed E-state index contributed by atoms with van der Waals surface area (Å²) in [5.74, 6) is 0.684. The van der Waals surface area contributed by atoms with Gasteiger partial charge in [0.2, 0.25) is 5.89 Å². The Bertz CT molecular complexity index is 544. The van der Waals surface area contributed by atoms with Crippen molar-refractivity contribution in [2.24, 2.45) is 0 Å². The summed E-state index contributed by atoms with van der Waals surface area (Å²) in [4.78, 5) is 4.07. The Kier molecular flexibility index (Phi) is 3.93. The van der Waals surface area contributed by atoms with Gasteiger partial charge < -0.3 is 9.84 Å². The molecule has 6 heteroatoms. The van der Waals surface area contributed by atoms with Crippen LogP contribution in [0.15, 0.2) is 22.7 Å². The maximum absolute atomic E-state index is 13.3. The second kappa shape index (κ2) is 5.46. The molecular formula is C12H13ClFN3O. The molecule has 1 N–H and O–H groups in total. The molecule has 1 aromatic heterocycles. The van der Waals surface area contributed by atoms with Gasteiger partial charge >= 0.3 is 0 Å². The first-order valence-corrected chi connectivity index (χ1v) is 5.91. The Morgan fingerprint density at radius 3 is 2.89 bits per heavy atom. The van der Waals surface area contributed by atoms with Crippen molar-refractivity contribution in [1.29, 1.82) is 0 Å². The lowest BCUT2D eigenvalue weighted by Crippen LogP contribution is -2.19. The molecule has 1 heterocycles. The van der Waals surface area contributed by atoms with Gasteiger partial charge in [-0.15, -0.1) is 0 Å². The number of nitrogens with one attached hydrogen (secondary N) is 1. The van der Waals surface area contributed by atoms with Crippen molar-refractivity contribution in [2.45, 2.75) is 26.4 Å². The average Bonchev–Trinajstić information content (AvgIpc) is 2.75. The molecule has 0 saturated carbocycles. The fourth-order valence-corrected chi connectivity index (χ4v) is 1.67. The molecule has 1 unspecified atom stereocenters. The van der Waals surface area contributed by atoms with Crippen LogP contribution in [-0.4, -0.2) is 10.1 Å². The summed E-state index contributed by atoms with van der Waals surface area (Å²) in [6, 6.07) is 4.71. The molecule has 0 amide bonds. The highest BCUT2D eigenvalue weighted by Crippen LogP contribution is 2.20. The first kappa shape index (κ1) is 13.0. The highest BCUT2D eigenvalue weighted by Gasteiger charge is 2.09. The largest absolute Gasteiger partial charge is 0.340 e. The van der Waals surface area contributed by atoms with E-state index in [2.05, 4.69) is 15.5 Å². The molecule has 0 spiro atoms. The van der Waals surface area contributed by atoms with Crippen LogP contribution in [0.1, 0.15) is 30.2 Å². The van der Waals surface area contributed by atoms with Gasteiger partial charge in [-0.25, -0.2) is 4.39 Å². The fraction of sp³-hybridized carbons (Fsp3) is 0.333. The van der Waals surface area contributed by atoms with Crippen molar-refractivity contribution >= 4 is 11.6 Å². The van der Waals surface area contributed by atoms with Crippen LogP contribution in [0.4, 0.5) is 4.39 Å². The Labute approximate surface area is 109 Å². The van der Waals surface area contributed by atoms with Gasteiger partial charge in [-0.3, -0.25) is 0 Å². The van der Waals surface area contributed by atoms with E-state index in [9.17, 15) is 4.39 Å². The van der Waals surface area contributed by atoms with Crippen molar-refractivity contribution in [3.63, 3.8) is 0 Å². The molecule has 1 atom stereocenters. The van der Waals surface area contributed by atoms with Gasteiger partial charge in [-0.05, 0) is 24.6 Å². The van der Waals surface area contributed by atoms with Crippen LogP contribution in [0, 0.1) is 12.7 Å². The molecule has 18 heavy (non-hydrogen) atoms. The zero-order valence-electron chi connectivity index (χ0n) is 10.1. The van der Waals surface area contributed by atoms with Crippen LogP contribution in [0.5, 0.6) is 0 Å². The molecule has 1 aromatic carbocycles. The van der Waals surface area contributed by atoms with E-state index in [1.165, 1.54) is 6.07 Å². The second-order valence-corrected chi connectivity index (χ2v) is 4.41. The number of nitrogens with zero attached hydrogens (tertiary/aromatic N) is 2. The first-order chi connectivity index (χ1) is 8.56. The molecule has 96 valence electrons. The van der Waals surface area contributed by atoms with Crippen LogP contribution >= 0.6 is 11.6 Å². The van der Waals surface area contributed by atoms with Gasteiger partial charge in [0, 0.05) is 13.0 Å². The topological polar surface area (TPSA) is 51.0 Å². The average molecular weight is 270 g/mol. The minimum absolute atomic E-state index is 0.0319. The Morgan fingerprint density at radius 2 is 2.28 bits per heavy atom. The van der Waals surface area contributed by atoms with E-state index >= 15 is 0 Å². The summed E-state index contributed by atoms with van der Waals surface area (Å²) in [5, 5.41) is 7.07. The predicted octanol–water partition coefficient (Wildman–Crippen LogP) is 3.02. The number of rotatable bonds is 4. The van der Waals surface area contributed by atoms with Crippen LogP contribution < -0.4 is 5.32 Å². The lowest BCUT2D eigenvalue weighted by Gasteiger charge is -2.13. The lowest BCUT2D eigenvalue weighted by molar-refractivity contribution is 0.384. The molecule has 0 aliphatic rings. The lowest BCUT2D eigenvalue weighted by atomic mass is 10.1. The van der Waals surface area contributed by atoms with E-state index in [0.717, 1.165) is 5.56 Å². The number of hydrogen-bond donors (Lipinski definition) is 1. The van der Waals surface area contributed by atoms with Crippen LogP contribution in [0.2, 0.25) is 5.02 Å². The van der Waals surface area contributed by atoms with Crippen molar-refractivity contribution in [2.75, 3.05) is 0 Å². The smallest absolute Gasteiger partial charge is 0.223 e. The monoisotopic (exact) mass is 269 g/mol. The molecule has 0 radical (unpaired) electrons. The quantitative estimate of drug-likeness (QED) is 0.927. The van der Waals surface area contributed by atoms with Gasteiger partial charge in [0.15, 0.2) is 5.82 Å². The molecular weight excluding hydrogens is 257 g/mol. The third-order valence-electron chi connectivity index (χ3n) is 2.58. The minimum atomic E-state index is -0.418. The van der Waals surface area contributed by atoms with E-state index in [1.807, 2.05) is 6.92 Å². The predicted molar refractivity (Wildman–Crippen MR) is 65.7 cm³/mol. The number of hydrogen-bond acceptors (Lipinski definition) is 4. The van der Waals surface area contributed by atoms with Gasteiger partial charge in [0.25, 0.3) is 0 Å². The molecule has 0 bridgehead atoms. The van der Waals surface area contributed by atoms with E-state index < -0.39 is 5.82 Å². The third kappa shape index (κ3) is 3.05. The van der Waals surface area contributed by atoms with E-state index in [-0.39, 0.29) is 11.1 Å². The molecule has 2 rings (SSSR count). The van der Waals surface area contributed by atoms with Crippen molar-refractivity contribution in [3.05, 3.63) is 46.3 Å². The number of benzene rings is 1. The summed E-state index contributed by atoms with van der Waals surface area (Å²) < 4.78 is 18.2. The summed E-state index contributed by atoms with van der Waals surface area (Å²) in [6.45, 7) is 4.12. The van der Waals surface area contributed by atoms with Gasteiger partial charge in [-0.2, -0.15) is 4.98 Å². The van der Waals surface area contributed by atoms with Crippen LogP contribution in [0.3, 0.4) is 0 Å². The molecule has 4 nitrogen and oxygen atoms in total. The third-order valence-corrected chi connectivity index (χ3v) is 2.89.